The van der Waals surface area contributed by atoms with Crippen LogP contribution in [0.2, 0.25) is 0 Å². The molecule has 5 atom stereocenters. The van der Waals surface area contributed by atoms with Crippen LogP contribution in [-0.2, 0) is 26.2 Å². The van der Waals surface area contributed by atoms with E-state index in [4.69, 9.17) is 5.14 Å². The van der Waals surface area contributed by atoms with Crippen LogP contribution in [0, 0.1) is 21.4 Å². The highest BCUT2D eigenvalue weighted by Gasteiger charge is 2.66. The van der Waals surface area contributed by atoms with Crippen molar-refractivity contribution in [3.8, 4) is 0 Å². The van der Waals surface area contributed by atoms with Gasteiger partial charge in [-0.15, -0.1) is 11.8 Å². The number of nitrogens with two attached hydrogens (primary N) is 1. The number of non-ortho nitro benzene ring substituents is 1. The number of hydrogen-bond acceptors (Lipinski definition) is 8. The maximum atomic E-state index is 12.9. The number of β-lactam (4-membered cyclic amide) rings is 1. The lowest BCUT2D eigenvalue weighted by molar-refractivity contribution is -0.384. The zero-order valence-corrected chi connectivity index (χ0v) is 20.7. The highest BCUT2D eigenvalue weighted by atomic mass is 32.2. The van der Waals surface area contributed by atoms with Crippen molar-refractivity contribution in [3.63, 3.8) is 0 Å². The molecule has 14 heteroatoms. The van der Waals surface area contributed by atoms with Crippen LogP contribution in [0.3, 0.4) is 0 Å². The number of nitrogens with zero attached hydrogens (tertiary/aromatic N) is 3. The molecule has 0 saturated carbocycles. The highest BCUT2D eigenvalue weighted by molar-refractivity contribution is 8.03. The highest BCUT2D eigenvalue weighted by Crippen LogP contribution is 2.59. The minimum Gasteiger partial charge on any atom is -0.477 e. The van der Waals surface area contributed by atoms with Gasteiger partial charge in [0.1, 0.15) is 5.70 Å². The predicted molar refractivity (Wildman–Crippen MR) is 126 cm³/mol. The largest absolute Gasteiger partial charge is 0.477 e. The van der Waals surface area contributed by atoms with Crippen LogP contribution in [0.4, 0.5) is 5.69 Å². The third kappa shape index (κ3) is 4.33. The summed E-state index contributed by atoms with van der Waals surface area (Å²) in [4.78, 5) is 37.4. The molecule has 0 spiro atoms. The van der Waals surface area contributed by atoms with Gasteiger partial charge in [-0.3, -0.25) is 14.9 Å². The summed E-state index contributed by atoms with van der Waals surface area (Å²) >= 11 is 1.22. The number of rotatable bonds is 8. The number of carbonyl (C=O) groups is 2. The fourth-order valence-electron chi connectivity index (χ4n) is 5.35. The zero-order chi connectivity index (χ0) is 25.9. The van der Waals surface area contributed by atoms with Crippen molar-refractivity contribution >= 4 is 39.5 Å². The molecular weight excluding hydrogens is 500 g/mol. The second-order valence-corrected chi connectivity index (χ2v) is 12.2. The number of carboxylic acid groups (broad SMARTS) is 1. The Labute approximate surface area is 206 Å². The van der Waals surface area contributed by atoms with E-state index in [9.17, 15) is 38.3 Å². The number of thioether (sulfide) groups is 1. The van der Waals surface area contributed by atoms with Crippen molar-refractivity contribution in [3.05, 3.63) is 50.5 Å². The van der Waals surface area contributed by atoms with E-state index >= 15 is 0 Å². The van der Waals surface area contributed by atoms with Crippen molar-refractivity contribution in [1.82, 2.24) is 9.21 Å². The Morgan fingerprint density at radius 3 is 2.49 bits per heavy atom. The van der Waals surface area contributed by atoms with Gasteiger partial charge in [0.15, 0.2) is 0 Å². The summed E-state index contributed by atoms with van der Waals surface area (Å²) in [6.45, 7) is 3.61. The molecule has 0 aliphatic carbocycles. The van der Waals surface area contributed by atoms with E-state index in [0.29, 0.717) is 16.9 Å². The Balaban J connectivity index is 1.74. The van der Waals surface area contributed by atoms with Gasteiger partial charge < -0.3 is 15.1 Å². The van der Waals surface area contributed by atoms with Gasteiger partial charge in [-0.1, -0.05) is 19.1 Å². The molecule has 3 heterocycles. The quantitative estimate of drug-likeness (QED) is 0.249. The van der Waals surface area contributed by atoms with Gasteiger partial charge in [-0.25, -0.2) is 9.93 Å². The van der Waals surface area contributed by atoms with Gasteiger partial charge in [-0.2, -0.15) is 12.7 Å². The number of amides is 1. The molecule has 4 rings (SSSR count). The molecule has 35 heavy (non-hydrogen) atoms. The van der Waals surface area contributed by atoms with Crippen LogP contribution in [0.25, 0.3) is 0 Å². The van der Waals surface area contributed by atoms with Crippen molar-refractivity contribution in [2.24, 2.45) is 16.5 Å². The molecule has 3 aliphatic rings. The average Bonchev–Trinajstić information content (AvgIpc) is 3.30. The summed E-state index contributed by atoms with van der Waals surface area (Å²) in [7, 11) is -3.89. The first-order valence-electron chi connectivity index (χ1n) is 10.9. The lowest BCUT2D eigenvalue weighted by Gasteiger charge is -2.51. The van der Waals surface area contributed by atoms with E-state index in [1.807, 2.05) is 6.92 Å². The first-order chi connectivity index (χ1) is 16.3. The minimum atomic E-state index is -3.89. The Hall–Kier alpha value is -2.52. The molecule has 0 unspecified atom stereocenters. The first kappa shape index (κ1) is 25.6. The molecule has 1 aromatic carbocycles. The number of benzene rings is 1. The van der Waals surface area contributed by atoms with Crippen LogP contribution in [-0.4, -0.2) is 75.1 Å². The van der Waals surface area contributed by atoms with Gasteiger partial charge in [0.25, 0.3) is 15.9 Å². The topological polar surface area (TPSA) is 184 Å². The number of carbonyl (C=O) groups excluding carboxylic acids is 1. The zero-order valence-electron chi connectivity index (χ0n) is 19.0. The summed E-state index contributed by atoms with van der Waals surface area (Å²) in [5.41, 5.74) is -0.485. The van der Waals surface area contributed by atoms with Crippen LogP contribution in [0.5, 0.6) is 0 Å². The predicted octanol–water partition coefficient (Wildman–Crippen LogP) is 0.672. The number of nitro groups is 1. The smallest absolute Gasteiger partial charge is 0.353 e. The van der Waals surface area contributed by atoms with Crippen LogP contribution < -0.4 is 5.14 Å². The number of carboxylic acids is 1. The third-order valence-corrected chi connectivity index (χ3v) is 9.63. The molecule has 0 aromatic heterocycles. The number of aliphatic hydroxyl groups excluding tert-OH is 1. The van der Waals surface area contributed by atoms with Crippen molar-refractivity contribution in [2.75, 3.05) is 13.1 Å². The Kier molecular flexibility index (Phi) is 6.47. The van der Waals surface area contributed by atoms with Crippen LogP contribution in [0.1, 0.15) is 25.8 Å². The van der Waals surface area contributed by atoms with Gasteiger partial charge in [-0.05, 0) is 25.3 Å². The van der Waals surface area contributed by atoms with E-state index < -0.39 is 50.5 Å². The SMILES string of the molecule is C[C@@H](O)[C@H]1C(=O)N2C(C(=O)O)=C(S[C@H]3CCN(S(N)(=O)=O)C3)[C@](C)(Cc3ccc([N+](=O)[O-])cc3)[C@H]12. The summed E-state index contributed by atoms with van der Waals surface area (Å²) < 4.78 is 24.7. The maximum Gasteiger partial charge on any atom is 0.353 e. The molecule has 1 amide bonds. The maximum absolute atomic E-state index is 12.9. The molecule has 1 aromatic rings. The van der Waals surface area contributed by atoms with Crippen molar-refractivity contribution in [1.29, 1.82) is 0 Å². The molecule has 4 N–H and O–H groups in total. The van der Waals surface area contributed by atoms with Crippen molar-refractivity contribution in [2.45, 2.75) is 44.1 Å². The summed E-state index contributed by atoms with van der Waals surface area (Å²) in [5.74, 6) is -2.58. The minimum absolute atomic E-state index is 0.0852. The second kappa shape index (κ2) is 8.85. The molecule has 2 fully saturated rings. The molecule has 2 saturated heterocycles. The van der Waals surface area contributed by atoms with Crippen molar-refractivity contribution < 1.29 is 33.1 Å². The third-order valence-electron chi connectivity index (χ3n) is 6.96. The van der Waals surface area contributed by atoms with E-state index in [2.05, 4.69) is 0 Å². The normalized spacial score (nSPS) is 29.8. The summed E-state index contributed by atoms with van der Waals surface area (Å²) in [5, 5.41) is 36.4. The molecule has 190 valence electrons. The standard InChI is InChI=1S/C21H26N4O8S2/c1-11(26)15-17-21(2,9-12-3-5-13(6-4-12)25(30)31)18(16(20(28)29)24(17)19(15)27)34-14-7-8-23(10-14)35(22,32)33/h3-6,11,14-15,17,26H,7-10H2,1-2H3,(H,28,29)(H2,22,32,33)/t11-,14+,15-,17+,21-/m1/s1. The van der Waals surface area contributed by atoms with E-state index in [0.717, 1.165) is 4.31 Å². The number of aliphatic carboxylic acids is 1. The first-order valence-corrected chi connectivity index (χ1v) is 13.3. The fraction of sp³-hybridized carbons (Fsp3) is 0.524. The number of fused-ring (bicyclic) bond motifs is 1. The Bertz CT molecular complexity index is 1220. The Morgan fingerprint density at radius 1 is 1.37 bits per heavy atom. The van der Waals surface area contributed by atoms with Gasteiger partial charge in [0, 0.05) is 40.8 Å². The molecule has 3 aliphatic heterocycles. The molecule has 12 nitrogen and oxygen atoms in total. The number of hydrogen-bond donors (Lipinski definition) is 3. The average molecular weight is 527 g/mol. The lowest BCUT2D eigenvalue weighted by Crippen LogP contribution is -2.66. The van der Waals surface area contributed by atoms with Crippen LogP contribution >= 0.6 is 11.8 Å². The number of nitro benzene ring substituents is 1. The second-order valence-electron chi connectivity index (χ2n) is 9.35. The van der Waals surface area contributed by atoms with Gasteiger partial charge >= 0.3 is 5.97 Å². The summed E-state index contributed by atoms with van der Waals surface area (Å²) in [6, 6.07) is 5.27. The Morgan fingerprint density at radius 2 is 2.00 bits per heavy atom. The number of aliphatic hydroxyl groups is 1. The molecule has 0 bridgehead atoms. The van der Waals surface area contributed by atoms with E-state index in [-0.39, 0.29) is 36.1 Å². The molecule has 0 radical (unpaired) electrons. The van der Waals surface area contributed by atoms with E-state index in [1.165, 1.54) is 35.7 Å². The van der Waals surface area contributed by atoms with Gasteiger partial charge in [0.05, 0.1) is 23.0 Å². The van der Waals surface area contributed by atoms with Gasteiger partial charge in [0.2, 0.25) is 5.91 Å². The fourth-order valence-corrected chi connectivity index (χ4v) is 7.77. The monoisotopic (exact) mass is 526 g/mol. The van der Waals surface area contributed by atoms with E-state index in [1.54, 1.807) is 12.1 Å². The molecular formula is C21H26N4O8S2. The lowest BCUT2D eigenvalue weighted by atomic mass is 9.67. The van der Waals surface area contributed by atoms with Crippen LogP contribution in [0.15, 0.2) is 34.9 Å². The summed E-state index contributed by atoms with van der Waals surface area (Å²) in [6.07, 6.45) is -0.305.